The maximum Gasteiger partial charge on any atom is 0.178 e. The van der Waals surface area contributed by atoms with Crippen LogP contribution in [0.4, 0.5) is 0 Å². The quantitative estimate of drug-likeness (QED) is 0.664. The van der Waals surface area contributed by atoms with Crippen LogP contribution in [-0.2, 0) is 0 Å². The number of nitrogens with zero attached hydrogens (tertiary/aromatic N) is 2. The minimum absolute atomic E-state index is 0.152. The lowest BCUT2D eigenvalue weighted by atomic mass is 10.2. The van der Waals surface area contributed by atoms with Crippen LogP contribution < -0.4 is 4.74 Å². The first-order valence-corrected chi connectivity index (χ1v) is 7.97. The van der Waals surface area contributed by atoms with E-state index in [0.717, 1.165) is 21.4 Å². The molecule has 2 N–H and O–H groups in total. The average Bonchev–Trinajstić information content (AvgIpc) is 2.96. The summed E-state index contributed by atoms with van der Waals surface area (Å²) >= 11 is 8.91. The first-order valence-electron chi connectivity index (χ1n) is 6.64. The predicted octanol–water partition coefficient (Wildman–Crippen LogP) is 3.37. The summed E-state index contributed by atoms with van der Waals surface area (Å²) < 4.78 is 6.34. The average molecular weight is 383 g/mol. The van der Waals surface area contributed by atoms with Gasteiger partial charge in [0.15, 0.2) is 5.65 Å². The number of H-pyrrole nitrogens is 1. The van der Waals surface area contributed by atoms with E-state index < -0.39 is 6.10 Å². The molecule has 0 saturated heterocycles. The number of alkyl halides is 1. The maximum atomic E-state index is 9.37. The zero-order valence-electron chi connectivity index (χ0n) is 11.5. The molecule has 0 fully saturated rings. The third-order valence-electron chi connectivity index (χ3n) is 3.05. The fraction of sp³-hybridized carbons (Fsp3) is 0.200. The maximum absolute atomic E-state index is 9.37. The number of imidazole rings is 1. The van der Waals surface area contributed by atoms with Gasteiger partial charge in [0, 0.05) is 16.2 Å². The van der Waals surface area contributed by atoms with Crippen molar-refractivity contribution in [2.75, 3.05) is 12.5 Å². The number of aromatic amines is 1. The van der Waals surface area contributed by atoms with E-state index in [9.17, 15) is 5.11 Å². The van der Waals surface area contributed by atoms with Crippen LogP contribution in [0, 0.1) is 0 Å². The van der Waals surface area contributed by atoms with Gasteiger partial charge in [0.2, 0.25) is 0 Å². The van der Waals surface area contributed by atoms with Gasteiger partial charge < -0.3 is 14.8 Å². The van der Waals surface area contributed by atoms with Gasteiger partial charge in [-0.1, -0.05) is 0 Å². The van der Waals surface area contributed by atoms with E-state index in [-0.39, 0.29) is 12.5 Å². The molecule has 5 nitrogen and oxygen atoms in total. The van der Waals surface area contributed by atoms with Crippen molar-refractivity contribution in [3.05, 3.63) is 41.0 Å². The second-order valence-electron chi connectivity index (χ2n) is 4.75. The molecule has 0 aliphatic carbocycles. The van der Waals surface area contributed by atoms with Crippen molar-refractivity contribution >= 4 is 38.7 Å². The van der Waals surface area contributed by atoms with Gasteiger partial charge in [-0.2, -0.15) is 0 Å². The minimum Gasteiger partial charge on any atom is -0.491 e. The van der Waals surface area contributed by atoms with Crippen molar-refractivity contribution < 1.29 is 9.84 Å². The van der Waals surface area contributed by atoms with Gasteiger partial charge in [-0.25, -0.2) is 9.97 Å². The van der Waals surface area contributed by atoms with Crippen LogP contribution in [0.25, 0.3) is 22.6 Å². The Morgan fingerprint density at radius 1 is 1.32 bits per heavy atom. The summed E-state index contributed by atoms with van der Waals surface area (Å²) in [7, 11) is 0. The molecular formula is C15H13BrClN3O2. The summed E-state index contributed by atoms with van der Waals surface area (Å²) in [6, 6.07) is 9.38. The Morgan fingerprint density at radius 3 is 2.82 bits per heavy atom. The third-order valence-corrected chi connectivity index (χ3v) is 3.84. The number of hydrogen-bond acceptors (Lipinski definition) is 4. The first-order chi connectivity index (χ1) is 10.7. The zero-order valence-corrected chi connectivity index (χ0v) is 13.8. The summed E-state index contributed by atoms with van der Waals surface area (Å²) in [5.74, 6) is 1.57. The molecule has 114 valence electrons. The van der Waals surface area contributed by atoms with Gasteiger partial charge in [-0.3, -0.25) is 0 Å². The number of benzene rings is 1. The van der Waals surface area contributed by atoms with Gasteiger partial charge in [0.05, 0.1) is 11.4 Å². The molecule has 22 heavy (non-hydrogen) atoms. The zero-order chi connectivity index (χ0) is 15.5. The van der Waals surface area contributed by atoms with Crippen LogP contribution in [0.3, 0.4) is 0 Å². The Bertz CT molecular complexity index is 776. The molecule has 1 aromatic carbocycles. The van der Waals surface area contributed by atoms with E-state index in [2.05, 4.69) is 30.9 Å². The van der Waals surface area contributed by atoms with Crippen LogP contribution in [-0.4, -0.2) is 38.6 Å². The number of hydrogen-bond donors (Lipinski definition) is 2. The van der Waals surface area contributed by atoms with Crippen molar-refractivity contribution in [2.24, 2.45) is 0 Å². The first kappa shape index (κ1) is 15.3. The number of nitrogens with one attached hydrogen (secondary N) is 1. The standard InChI is InChI=1S/C15H13BrClN3O2/c16-10-5-13-15(18-7-10)20-14(19-13)9-1-3-12(4-2-9)22-8-11(21)6-17/h1-5,7,11,21H,6,8H2,(H,18,19,20). The highest BCUT2D eigenvalue weighted by Crippen LogP contribution is 2.23. The second kappa shape index (κ2) is 6.64. The second-order valence-corrected chi connectivity index (χ2v) is 5.98. The number of aliphatic hydroxyl groups is 1. The molecule has 3 aromatic rings. The van der Waals surface area contributed by atoms with Gasteiger partial charge in [-0.15, -0.1) is 11.6 Å². The number of aliphatic hydroxyl groups excluding tert-OH is 1. The highest BCUT2D eigenvalue weighted by atomic mass is 79.9. The fourth-order valence-electron chi connectivity index (χ4n) is 1.96. The number of rotatable bonds is 5. The van der Waals surface area contributed by atoms with Gasteiger partial charge in [0.1, 0.15) is 24.3 Å². The summed E-state index contributed by atoms with van der Waals surface area (Å²) in [6.07, 6.45) is 1.05. The molecule has 0 aliphatic heterocycles. The summed E-state index contributed by atoms with van der Waals surface area (Å²) in [6.45, 7) is 0.172. The van der Waals surface area contributed by atoms with E-state index in [0.29, 0.717) is 11.4 Å². The summed E-state index contributed by atoms with van der Waals surface area (Å²) in [5.41, 5.74) is 2.47. The van der Waals surface area contributed by atoms with Gasteiger partial charge >= 0.3 is 0 Å². The van der Waals surface area contributed by atoms with Crippen LogP contribution in [0.5, 0.6) is 5.75 Å². The van der Waals surface area contributed by atoms with Gasteiger partial charge in [0.25, 0.3) is 0 Å². The largest absolute Gasteiger partial charge is 0.491 e. The molecule has 0 spiro atoms. The lowest BCUT2D eigenvalue weighted by molar-refractivity contribution is 0.125. The van der Waals surface area contributed by atoms with E-state index >= 15 is 0 Å². The molecule has 3 rings (SSSR count). The highest BCUT2D eigenvalue weighted by molar-refractivity contribution is 9.10. The van der Waals surface area contributed by atoms with Gasteiger partial charge in [-0.05, 0) is 46.3 Å². The topological polar surface area (TPSA) is 71.0 Å². The molecule has 0 aliphatic rings. The van der Waals surface area contributed by atoms with E-state index in [1.807, 2.05) is 30.3 Å². The van der Waals surface area contributed by atoms with E-state index in [4.69, 9.17) is 16.3 Å². The SMILES string of the molecule is OC(CCl)COc1ccc(-c2nc3ncc(Br)cc3[nH]2)cc1. The molecule has 7 heteroatoms. The molecular weight excluding hydrogens is 370 g/mol. The van der Waals surface area contributed by atoms with E-state index in [1.54, 1.807) is 6.20 Å². The van der Waals surface area contributed by atoms with Crippen molar-refractivity contribution in [3.8, 4) is 17.1 Å². The summed E-state index contributed by atoms with van der Waals surface area (Å²) in [5, 5.41) is 9.37. The van der Waals surface area contributed by atoms with Crippen LogP contribution in [0.1, 0.15) is 0 Å². The number of ether oxygens (including phenoxy) is 1. The van der Waals surface area contributed by atoms with Crippen LogP contribution >= 0.6 is 27.5 Å². The molecule has 1 atom stereocenters. The van der Waals surface area contributed by atoms with Crippen LogP contribution in [0.2, 0.25) is 0 Å². The molecule has 2 aromatic heterocycles. The molecule has 1 unspecified atom stereocenters. The number of halogens is 2. The molecule has 0 radical (unpaired) electrons. The van der Waals surface area contributed by atoms with Crippen molar-refractivity contribution in [1.29, 1.82) is 0 Å². The van der Waals surface area contributed by atoms with Crippen molar-refractivity contribution in [3.63, 3.8) is 0 Å². The van der Waals surface area contributed by atoms with Crippen molar-refractivity contribution in [2.45, 2.75) is 6.10 Å². The third kappa shape index (κ3) is 3.40. The lowest BCUT2D eigenvalue weighted by Crippen LogP contribution is -2.18. The fourth-order valence-corrected chi connectivity index (χ4v) is 2.38. The molecule has 0 amide bonds. The Morgan fingerprint density at radius 2 is 2.09 bits per heavy atom. The molecule has 2 heterocycles. The predicted molar refractivity (Wildman–Crippen MR) is 89.2 cm³/mol. The highest BCUT2D eigenvalue weighted by Gasteiger charge is 2.08. The Labute approximate surface area is 140 Å². The van der Waals surface area contributed by atoms with E-state index in [1.165, 1.54) is 0 Å². The Balaban J connectivity index is 1.79. The Hall–Kier alpha value is -1.63. The van der Waals surface area contributed by atoms with Crippen molar-refractivity contribution in [1.82, 2.24) is 15.0 Å². The minimum atomic E-state index is -0.666. The monoisotopic (exact) mass is 381 g/mol. The number of aromatic nitrogens is 3. The summed E-state index contributed by atoms with van der Waals surface area (Å²) in [4.78, 5) is 11.9. The molecule has 0 bridgehead atoms. The molecule has 0 saturated carbocycles. The smallest absolute Gasteiger partial charge is 0.178 e. The normalized spacial score (nSPS) is 12.5. The van der Waals surface area contributed by atoms with Crippen LogP contribution in [0.15, 0.2) is 41.0 Å². The lowest BCUT2D eigenvalue weighted by Gasteiger charge is -2.09. The number of fused-ring (bicyclic) bond motifs is 1. The Kier molecular flexibility index (Phi) is 4.61. The number of pyridine rings is 1.